The molecule has 5 heteroatoms. The molecule has 0 atom stereocenters. The largest absolute Gasteiger partial charge is 0.421 e. The van der Waals surface area contributed by atoms with Crippen LogP contribution in [-0.2, 0) is 6.42 Å². The summed E-state index contributed by atoms with van der Waals surface area (Å²) in [5.41, 5.74) is 2.20. The van der Waals surface area contributed by atoms with Crippen molar-refractivity contribution in [3.8, 4) is 0 Å². The van der Waals surface area contributed by atoms with Gasteiger partial charge in [0.1, 0.15) is 0 Å². The maximum Gasteiger partial charge on any atom is 0.240 e. The molecule has 0 N–H and O–H groups in total. The summed E-state index contributed by atoms with van der Waals surface area (Å²) in [6.45, 7) is 0. The van der Waals surface area contributed by atoms with Crippen LogP contribution in [0.1, 0.15) is 22.9 Å². The molecule has 0 spiro atoms. The number of hydrogen-bond donors (Lipinski definition) is 0. The van der Waals surface area contributed by atoms with Gasteiger partial charge in [0, 0.05) is 15.0 Å². The smallest absolute Gasteiger partial charge is 0.240 e. The lowest BCUT2D eigenvalue weighted by Crippen LogP contribution is -1.87. The Morgan fingerprint density at radius 3 is 2.45 bits per heavy atom. The van der Waals surface area contributed by atoms with Crippen molar-refractivity contribution in [3.63, 3.8) is 0 Å². The lowest BCUT2D eigenvalue weighted by Gasteiger charge is -1.96. The molecule has 22 heavy (non-hydrogen) atoms. The average molecular weight is 420 g/mol. The van der Waals surface area contributed by atoms with Crippen molar-refractivity contribution >= 4 is 44.0 Å². The quantitative estimate of drug-likeness (QED) is 0.571. The van der Waals surface area contributed by atoms with Gasteiger partial charge in [-0.3, -0.25) is 0 Å². The van der Waals surface area contributed by atoms with E-state index in [9.17, 15) is 0 Å². The maximum atomic E-state index is 5.64. The van der Waals surface area contributed by atoms with Gasteiger partial charge < -0.3 is 4.42 Å². The Bertz CT molecular complexity index is 794. The van der Waals surface area contributed by atoms with Gasteiger partial charge in [-0.2, -0.15) is 0 Å². The predicted octanol–water partition coefficient (Wildman–Crippen LogP) is 5.36. The van der Waals surface area contributed by atoms with Crippen LogP contribution in [0.25, 0.3) is 12.2 Å². The molecule has 2 aromatic carbocycles. The van der Waals surface area contributed by atoms with Crippen molar-refractivity contribution in [3.05, 3.63) is 80.4 Å². The Kier molecular flexibility index (Phi) is 4.85. The molecule has 0 amide bonds. The minimum Gasteiger partial charge on any atom is -0.421 e. The predicted molar refractivity (Wildman–Crippen MR) is 94.3 cm³/mol. The third-order valence-corrected chi connectivity index (χ3v) is 4.31. The van der Waals surface area contributed by atoms with Crippen molar-refractivity contribution in [1.82, 2.24) is 10.2 Å². The summed E-state index contributed by atoms with van der Waals surface area (Å²) in [7, 11) is 0. The summed E-state index contributed by atoms with van der Waals surface area (Å²) >= 11 is 6.92. The minimum atomic E-state index is 0.503. The van der Waals surface area contributed by atoms with E-state index in [1.54, 1.807) is 0 Å². The summed E-state index contributed by atoms with van der Waals surface area (Å²) < 4.78 is 7.73. The Morgan fingerprint density at radius 2 is 1.68 bits per heavy atom. The van der Waals surface area contributed by atoms with Gasteiger partial charge in [0.2, 0.25) is 11.8 Å². The summed E-state index contributed by atoms with van der Waals surface area (Å²) in [4.78, 5) is 0. The highest BCUT2D eigenvalue weighted by Crippen LogP contribution is 2.19. The Hall–Kier alpha value is -1.72. The highest BCUT2D eigenvalue weighted by Gasteiger charge is 2.05. The monoisotopic (exact) mass is 418 g/mol. The third-order valence-electron chi connectivity index (χ3n) is 3.06. The first-order valence-corrected chi connectivity index (χ1v) is 8.29. The van der Waals surface area contributed by atoms with Gasteiger partial charge in [-0.25, -0.2) is 0 Å². The van der Waals surface area contributed by atoms with E-state index in [4.69, 9.17) is 4.42 Å². The second kappa shape index (κ2) is 7.03. The molecule has 0 aliphatic carbocycles. The molecule has 1 aromatic heterocycles. The lowest BCUT2D eigenvalue weighted by atomic mass is 10.1. The van der Waals surface area contributed by atoms with Crippen LogP contribution in [0.3, 0.4) is 0 Å². The normalized spacial score (nSPS) is 11.2. The van der Waals surface area contributed by atoms with Crippen LogP contribution in [0, 0.1) is 0 Å². The first-order chi connectivity index (χ1) is 10.7. The molecule has 3 nitrogen and oxygen atoms in total. The molecule has 110 valence electrons. The van der Waals surface area contributed by atoms with Crippen LogP contribution >= 0.6 is 31.9 Å². The zero-order chi connectivity index (χ0) is 15.4. The van der Waals surface area contributed by atoms with E-state index in [1.807, 2.05) is 60.7 Å². The van der Waals surface area contributed by atoms with Gasteiger partial charge in [-0.05, 0) is 35.4 Å². The second-order valence-corrected chi connectivity index (χ2v) is 6.46. The summed E-state index contributed by atoms with van der Waals surface area (Å²) in [5.74, 6) is 1.11. The molecule has 0 aliphatic rings. The SMILES string of the molecule is Brc1ccc(Cc2nnc(/C=C/c3ccccc3Br)o2)cc1. The topological polar surface area (TPSA) is 38.9 Å². The summed E-state index contributed by atoms with van der Waals surface area (Å²) in [5, 5.41) is 8.12. The fourth-order valence-corrected chi connectivity index (χ4v) is 2.63. The van der Waals surface area contributed by atoms with Crippen molar-refractivity contribution in [2.45, 2.75) is 6.42 Å². The van der Waals surface area contributed by atoms with Gasteiger partial charge in [0.05, 0.1) is 6.42 Å². The van der Waals surface area contributed by atoms with Crippen molar-refractivity contribution < 1.29 is 4.42 Å². The van der Waals surface area contributed by atoms with E-state index in [0.717, 1.165) is 20.1 Å². The molecule has 0 radical (unpaired) electrons. The number of halogens is 2. The van der Waals surface area contributed by atoms with Crippen LogP contribution in [0.4, 0.5) is 0 Å². The number of benzene rings is 2. The molecule has 0 saturated carbocycles. The fraction of sp³-hybridized carbons (Fsp3) is 0.0588. The van der Waals surface area contributed by atoms with Crippen LogP contribution < -0.4 is 0 Å². The minimum absolute atomic E-state index is 0.503. The van der Waals surface area contributed by atoms with E-state index in [2.05, 4.69) is 42.1 Å². The Labute approximate surface area is 145 Å². The average Bonchev–Trinajstić information content (AvgIpc) is 2.96. The van der Waals surface area contributed by atoms with Crippen LogP contribution in [-0.4, -0.2) is 10.2 Å². The van der Waals surface area contributed by atoms with Crippen LogP contribution in [0.5, 0.6) is 0 Å². The zero-order valence-electron chi connectivity index (χ0n) is 11.5. The Morgan fingerprint density at radius 1 is 0.909 bits per heavy atom. The lowest BCUT2D eigenvalue weighted by molar-refractivity contribution is 0.496. The number of hydrogen-bond acceptors (Lipinski definition) is 3. The highest BCUT2D eigenvalue weighted by atomic mass is 79.9. The van der Waals surface area contributed by atoms with Crippen molar-refractivity contribution in [1.29, 1.82) is 0 Å². The van der Waals surface area contributed by atoms with Crippen molar-refractivity contribution in [2.24, 2.45) is 0 Å². The van der Waals surface area contributed by atoms with Gasteiger partial charge >= 0.3 is 0 Å². The van der Waals surface area contributed by atoms with Crippen LogP contribution in [0.2, 0.25) is 0 Å². The Balaban J connectivity index is 1.71. The molecule has 1 heterocycles. The standard InChI is InChI=1S/C17H12Br2N2O/c18-14-8-5-12(6-9-14)11-17-21-20-16(22-17)10-7-13-3-1-2-4-15(13)19/h1-10H,11H2/b10-7+. The summed E-state index contributed by atoms with van der Waals surface area (Å²) in [6, 6.07) is 16.0. The molecule has 0 fully saturated rings. The van der Waals surface area contributed by atoms with Crippen molar-refractivity contribution in [2.75, 3.05) is 0 Å². The van der Waals surface area contributed by atoms with E-state index >= 15 is 0 Å². The number of nitrogens with zero attached hydrogens (tertiary/aromatic N) is 2. The van der Waals surface area contributed by atoms with E-state index in [1.165, 1.54) is 0 Å². The third kappa shape index (κ3) is 3.93. The second-order valence-electron chi connectivity index (χ2n) is 4.69. The first kappa shape index (κ1) is 15.2. The molecule has 3 rings (SSSR count). The van der Waals surface area contributed by atoms with Gasteiger partial charge in [-0.1, -0.05) is 62.2 Å². The van der Waals surface area contributed by atoms with E-state index in [0.29, 0.717) is 18.2 Å². The zero-order valence-corrected chi connectivity index (χ0v) is 14.7. The van der Waals surface area contributed by atoms with E-state index < -0.39 is 0 Å². The van der Waals surface area contributed by atoms with Gasteiger partial charge in [0.25, 0.3) is 0 Å². The first-order valence-electron chi connectivity index (χ1n) is 6.70. The maximum absolute atomic E-state index is 5.64. The fourth-order valence-electron chi connectivity index (χ4n) is 1.95. The molecular weight excluding hydrogens is 408 g/mol. The summed E-state index contributed by atoms with van der Waals surface area (Å²) in [6.07, 6.45) is 4.39. The molecule has 0 saturated heterocycles. The molecule has 0 unspecified atom stereocenters. The van der Waals surface area contributed by atoms with Gasteiger partial charge in [0.15, 0.2) is 0 Å². The molecule has 0 aliphatic heterocycles. The number of rotatable bonds is 4. The molecule has 0 bridgehead atoms. The van der Waals surface area contributed by atoms with Gasteiger partial charge in [-0.15, -0.1) is 10.2 Å². The number of aromatic nitrogens is 2. The van der Waals surface area contributed by atoms with E-state index in [-0.39, 0.29) is 0 Å². The molecular formula is C17H12Br2N2O. The molecule has 3 aromatic rings. The highest BCUT2D eigenvalue weighted by molar-refractivity contribution is 9.10. The van der Waals surface area contributed by atoms with Crippen LogP contribution in [0.15, 0.2) is 61.9 Å².